The Balaban J connectivity index is 1.50. The van der Waals surface area contributed by atoms with Crippen LogP contribution in [-0.2, 0) is 6.61 Å². The number of nitrogens with zero attached hydrogens (tertiary/aromatic N) is 3. The largest absolute Gasteiger partial charge is 0.489 e. The Labute approximate surface area is 166 Å². The molecule has 3 aromatic rings. The van der Waals surface area contributed by atoms with E-state index in [4.69, 9.17) is 4.74 Å². The molecule has 6 nitrogen and oxygen atoms in total. The number of benzene rings is 2. The van der Waals surface area contributed by atoms with Crippen molar-refractivity contribution in [3.05, 3.63) is 72.4 Å². The third kappa shape index (κ3) is 6.55. The SMILES string of the molecule is CN(C)CCCNc1nccc(Nc2ccc(OCc3ccccc3)cc2)n1. The van der Waals surface area contributed by atoms with Gasteiger partial charge in [-0.3, -0.25) is 0 Å². The van der Waals surface area contributed by atoms with Gasteiger partial charge in [-0.05, 0) is 63.0 Å². The Kier molecular flexibility index (Phi) is 7.21. The summed E-state index contributed by atoms with van der Waals surface area (Å²) in [6.07, 6.45) is 2.79. The first-order valence-corrected chi connectivity index (χ1v) is 9.44. The molecule has 1 heterocycles. The molecule has 0 amide bonds. The van der Waals surface area contributed by atoms with E-state index >= 15 is 0 Å². The predicted octanol–water partition coefficient (Wildman–Crippen LogP) is 4.16. The van der Waals surface area contributed by atoms with Crippen LogP contribution < -0.4 is 15.4 Å². The van der Waals surface area contributed by atoms with Crippen molar-refractivity contribution < 1.29 is 4.74 Å². The Morgan fingerprint density at radius 1 is 0.964 bits per heavy atom. The van der Waals surface area contributed by atoms with Gasteiger partial charge in [-0.15, -0.1) is 0 Å². The highest BCUT2D eigenvalue weighted by molar-refractivity contribution is 5.57. The van der Waals surface area contributed by atoms with Crippen molar-refractivity contribution in [1.82, 2.24) is 14.9 Å². The number of ether oxygens (including phenoxy) is 1. The lowest BCUT2D eigenvalue weighted by molar-refractivity contribution is 0.306. The molecular weight excluding hydrogens is 350 g/mol. The predicted molar refractivity (Wildman–Crippen MR) is 114 cm³/mol. The zero-order valence-electron chi connectivity index (χ0n) is 16.4. The van der Waals surface area contributed by atoms with Crippen LogP contribution in [0.4, 0.5) is 17.5 Å². The van der Waals surface area contributed by atoms with Crippen LogP contribution in [-0.4, -0.2) is 42.1 Å². The molecule has 0 aliphatic carbocycles. The maximum atomic E-state index is 5.82. The molecule has 0 bridgehead atoms. The van der Waals surface area contributed by atoms with Crippen LogP contribution in [0.3, 0.4) is 0 Å². The molecule has 0 spiro atoms. The van der Waals surface area contributed by atoms with Gasteiger partial charge >= 0.3 is 0 Å². The highest BCUT2D eigenvalue weighted by Crippen LogP contribution is 2.20. The van der Waals surface area contributed by atoms with Gasteiger partial charge in [0, 0.05) is 18.4 Å². The second-order valence-corrected chi connectivity index (χ2v) is 6.77. The maximum Gasteiger partial charge on any atom is 0.224 e. The summed E-state index contributed by atoms with van der Waals surface area (Å²) in [4.78, 5) is 10.9. The van der Waals surface area contributed by atoms with Gasteiger partial charge in [-0.1, -0.05) is 30.3 Å². The first-order chi connectivity index (χ1) is 13.7. The fraction of sp³-hybridized carbons (Fsp3) is 0.273. The van der Waals surface area contributed by atoms with Gasteiger partial charge in [0.15, 0.2) is 0 Å². The van der Waals surface area contributed by atoms with Gasteiger partial charge in [0.25, 0.3) is 0 Å². The molecule has 0 atom stereocenters. The lowest BCUT2D eigenvalue weighted by Crippen LogP contribution is -2.17. The van der Waals surface area contributed by atoms with E-state index in [1.807, 2.05) is 48.5 Å². The molecule has 6 heteroatoms. The minimum Gasteiger partial charge on any atom is -0.489 e. The van der Waals surface area contributed by atoms with Gasteiger partial charge in [-0.25, -0.2) is 4.98 Å². The lowest BCUT2D eigenvalue weighted by Gasteiger charge is -2.11. The van der Waals surface area contributed by atoms with Crippen LogP contribution in [0.25, 0.3) is 0 Å². The van der Waals surface area contributed by atoms with Crippen LogP contribution in [0.1, 0.15) is 12.0 Å². The van der Waals surface area contributed by atoms with E-state index in [1.165, 1.54) is 0 Å². The smallest absolute Gasteiger partial charge is 0.224 e. The molecule has 3 rings (SSSR count). The first kappa shape index (κ1) is 19.6. The number of nitrogens with one attached hydrogen (secondary N) is 2. The fourth-order valence-corrected chi connectivity index (χ4v) is 2.63. The van der Waals surface area contributed by atoms with E-state index in [-0.39, 0.29) is 0 Å². The minimum absolute atomic E-state index is 0.558. The number of hydrogen-bond acceptors (Lipinski definition) is 6. The maximum absolute atomic E-state index is 5.82. The Hall–Kier alpha value is -3.12. The van der Waals surface area contributed by atoms with Crippen molar-refractivity contribution in [3.63, 3.8) is 0 Å². The molecule has 0 unspecified atom stereocenters. The molecule has 0 aliphatic heterocycles. The molecule has 146 valence electrons. The summed E-state index contributed by atoms with van der Waals surface area (Å²) in [6.45, 7) is 2.43. The molecule has 28 heavy (non-hydrogen) atoms. The number of aromatic nitrogens is 2. The Bertz CT molecular complexity index is 837. The van der Waals surface area contributed by atoms with Gasteiger partial charge < -0.3 is 20.3 Å². The molecular formula is C22H27N5O. The molecule has 0 saturated heterocycles. The normalized spacial score (nSPS) is 10.7. The Morgan fingerprint density at radius 2 is 1.75 bits per heavy atom. The van der Waals surface area contributed by atoms with Crippen LogP contribution >= 0.6 is 0 Å². The number of hydrogen-bond donors (Lipinski definition) is 2. The summed E-state index contributed by atoms with van der Waals surface area (Å²) in [5, 5.41) is 6.56. The van der Waals surface area contributed by atoms with E-state index in [0.29, 0.717) is 12.6 Å². The van der Waals surface area contributed by atoms with Crippen molar-refractivity contribution in [2.75, 3.05) is 37.8 Å². The van der Waals surface area contributed by atoms with Crippen molar-refractivity contribution in [2.45, 2.75) is 13.0 Å². The second-order valence-electron chi connectivity index (χ2n) is 6.77. The van der Waals surface area contributed by atoms with Crippen LogP contribution in [0.5, 0.6) is 5.75 Å². The van der Waals surface area contributed by atoms with Crippen molar-refractivity contribution in [1.29, 1.82) is 0 Å². The summed E-state index contributed by atoms with van der Waals surface area (Å²) >= 11 is 0. The number of rotatable bonds is 10. The fourth-order valence-electron chi connectivity index (χ4n) is 2.63. The van der Waals surface area contributed by atoms with Crippen molar-refractivity contribution in [3.8, 4) is 5.75 Å². The molecule has 0 aliphatic rings. The zero-order chi connectivity index (χ0) is 19.6. The molecule has 2 aromatic carbocycles. The van der Waals surface area contributed by atoms with Crippen molar-refractivity contribution in [2.24, 2.45) is 0 Å². The molecule has 0 saturated carbocycles. The standard InChI is InChI=1S/C22H27N5O/c1-27(2)16-6-14-23-22-24-15-13-21(26-22)25-19-9-11-20(12-10-19)28-17-18-7-4-3-5-8-18/h3-5,7-13,15H,6,14,16-17H2,1-2H3,(H2,23,24,25,26). The van der Waals surface area contributed by atoms with Crippen molar-refractivity contribution >= 4 is 17.5 Å². The lowest BCUT2D eigenvalue weighted by atomic mass is 10.2. The van der Waals surface area contributed by atoms with E-state index in [9.17, 15) is 0 Å². The van der Waals surface area contributed by atoms with Crippen LogP contribution in [0.2, 0.25) is 0 Å². The quantitative estimate of drug-likeness (QED) is 0.517. The van der Waals surface area contributed by atoms with E-state index in [0.717, 1.165) is 42.3 Å². The highest BCUT2D eigenvalue weighted by Gasteiger charge is 2.01. The monoisotopic (exact) mass is 377 g/mol. The molecule has 1 aromatic heterocycles. The number of anilines is 3. The van der Waals surface area contributed by atoms with Crippen LogP contribution in [0, 0.1) is 0 Å². The molecule has 2 N–H and O–H groups in total. The van der Waals surface area contributed by atoms with Gasteiger partial charge in [-0.2, -0.15) is 4.98 Å². The van der Waals surface area contributed by atoms with E-state index in [1.54, 1.807) is 6.20 Å². The van der Waals surface area contributed by atoms with E-state index in [2.05, 4.69) is 51.7 Å². The zero-order valence-corrected chi connectivity index (χ0v) is 16.4. The Morgan fingerprint density at radius 3 is 2.50 bits per heavy atom. The second kappa shape index (κ2) is 10.3. The molecule has 0 fully saturated rings. The average molecular weight is 377 g/mol. The van der Waals surface area contributed by atoms with Gasteiger partial charge in [0.05, 0.1) is 0 Å². The first-order valence-electron chi connectivity index (χ1n) is 9.44. The summed E-state index contributed by atoms with van der Waals surface area (Å²) in [6, 6.07) is 19.8. The highest BCUT2D eigenvalue weighted by atomic mass is 16.5. The summed E-state index contributed by atoms with van der Waals surface area (Å²) in [5.74, 6) is 2.22. The van der Waals surface area contributed by atoms with E-state index < -0.39 is 0 Å². The molecule has 0 radical (unpaired) electrons. The van der Waals surface area contributed by atoms with Gasteiger partial charge in [0.2, 0.25) is 5.95 Å². The third-order valence-electron chi connectivity index (χ3n) is 4.10. The summed E-state index contributed by atoms with van der Waals surface area (Å²) in [5.41, 5.74) is 2.10. The average Bonchev–Trinajstić information content (AvgIpc) is 2.72. The van der Waals surface area contributed by atoms with Crippen LogP contribution in [0.15, 0.2) is 66.9 Å². The summed E-state index contributed by atoms with van der Waals surface area (Å²) < 4.78 is 5.82. The van der Waals surface area contributed by atoms with Gasteiger partial charge in [0.1, 0.15) is 18.2 Å². The topological polar surface area (TPSA) is 62.3 Å². The third-order valence-corrected chi connectivity index (χ3v) is 4.10. The summed E-state index contributed by atoms with van der Waals surface area (Å²) in [7, 11) is 4.14. The minimum atomic E-state index is 0.558.